The van der Waals surface area contributed by atoms with Crippen molar-refractivity contribution in [1.29, 1.82) is 0 Å². The van der Waals surface area contributed by atoms with Crippen LogP contribution in [0, 0.1) is 5.92 Å². The number of amides is 1. The van der Waals surface area contributed by atoms with Crippen LogP contribution in [0.1, 0.15) is 47.0 Å². The molecule has 5 nitrogen and oxygen atoms in total. The molecule has 5 heteroatoms. The normalized spacial score (nSPS) is 15.6. The molecule has 0 aliphatic rings. The van der Waals surface area contributed by atoms with Crippen molar-refractivity contribution in [3.8, 4) is 0 Å². The number of carbonyl (C=O) groups excluding carboxylic acids is 2. The van der Waals surface area contributed by atoms with Crippen LogP contribution in [-0.2, 0) is 14.3 Å². The zero-order valence-corrected chi connectivity index (χ0v) is 11.9. The van der Waals surface area contributed by atoms with E-state index >= 15 is 0 Å². The van der Waals surface area contributed by atoms with Gasteiger partial charge < -0.3 is 15.8 Å². The molecule has 3 N–H and O–H groups in total. The summed E-state index contributed by atoms with van der Waals surface area (Å²) in [6, 6.07) is -0.573. The Labute approximate surface area is 109 Å². The Morgan fingerprint density at radius 1 is 1.28 bits per heavy atom. The van der Waals surface area contributed by atoms with Crippen LogP contribution in [0.3, 0.4) is 0 Å². The quantitative estimate of drug-likeness (QED) is 0.641. The van der Waals surface area contributed by atoms with Gasteiger partial charge in [-0.05, 0) is 26.2 Å². The predicted octanol–water partition coefficient (Wildman–Crippen LogP) is 1.21. The molecule has 0 spiro atoms. The van der Waals surface area contributed by atoms with Gasteiger partial charge in [0.2, 0.25) is 5.91 Å². The van der Waals surface area contributed by atoms with Crippen LogP contribution in [0.15, 0.2) is 0 Å². The van der Waals surface area contributed by atoms with E-state index in [1.807, 2.05) is 20.8 Å². The van der Waals surface area contributed by atoms with Gasteiger partial charge in [0.1, 0.15) is 6.04 Å². The summed E-state index contributed by atoms with van der Waals surface area (Å²) in [5.74, 6) is -0.449. The lowest BCUT2D eigenvalue weighted by Gasteiger charge is -2.22. The minimum atomic E-state index is -0.560. The number of esters is 1. The molecule has 18 heavy (non-hydrogen) atoms. The number of rotatable bonds is 8. The Hall–Kier alpha value is -1.10. The van der Waals surface area contributed by atoms with E-state index < -0.39 is 6.04 Å². The molecule has 0 aliphatic heterocycles. The molecule has 3 unspecified atom stereocenters. The van der Waals surface area contributed by atoms with Crippen LogP contribution in [0.5, 0.6) is 0 Å². The second-order valence-corrected chi connectivity index (χ2v) is 4.70. The minimum Gasteiger partial charge on any atom is -0.464 e. The van der Waals surface area contributed by atoms with E-state index in [-0.39, 0.29) is 23.8 Å². The summed E-state index contributed by atoms with van der Waals surface area (Å²) >= 11 is 0. The van der Waals surface area contributed by atoms with Gasteiger partial charge in [0.15, 0.2) is 0 Å². The average molecular weight is 258 g/mol. The van der Waals surface area contributed by atoms with Gasteiger partial charge >= 0.3 is 5.97 Å². The van der Waals surface area contributed by atoms with Crippen LogP contribution in [0.2, 0.25) is 0 Å². The van der Waals surface area contributed by atoms with E-state index in [0.29, 0.717) is 19.4 Å². The highest BCUT2D eigenvalue weighted by Gasteiger charge is 2.26. The van der Waals surface area contributed by atoms with Crippen LogP contribution in [0.4, 0.5) is 0 Å². The second kappa shape index (κ2) is 8.91. The third-order valence-electron chi connectivity index (χ3n) is 2.90. The number of nitrogens with two attached hydrogens (primary N) is 1. The molecule has 0 saturated heterocycles. The van der Waals surface area contributed by atoms with Gasteiger partial charge in [0.25, 0.3) is 0 Å². The molecule has 0 fully saturated rings. The molecule has 106 valence electrons. The van der Waals surface area contributed by atoms with E-state index in [9.17, 15) is 9.59 Å². The molecule has 0 saturated carbocycles. The van der Waals surface area contributed by atoms with Gasteiger partial charge in [-0.25, -0.2) is 4.79 Å². The molecule has 0 aromatic heterocycles. The van der Waals surface area contributed by atoms with Crippen LogP contribution in [0.25, 0.3) is 0 Å². The predicted molar refractivity (Wildman–Crippen MR) is 70.9 cm³/mol. The maximum Gasteiger partial charge on any atom is 0.328 e. The van der Waals surface area contributed by atoms with Gasteiger partial charge in [0, 0.05) is 12.5 Å². The third-order valence-corrected chi connectivity index (χ3v) is 2.90. The first kappa shape index (κ1) is 16.9. The lowest BCUT2D eigenvalue weighted by Crippen LogP contribution is -2.46. The molecule has 0 radical (unpaired) electrons. The molecule has 1 amide bonds. The van der Waals surface area contributed by atoms with Crippen molar-refractivity contribution in [3.63, 3.8) is 0 Å². The highest BCUT2D eigenvalue weighted by molar-refractivity contribution is 5.84. The van der Waals surface area contributed by atoms with E-state index in [4.69, 9.17) is 10.5 Å². The van der Waals surface area contributed by atoms with Crippen LogP contribution >= 0.6 is 0 Å². The van der Waals surface area contributed by atoms with Gasteiger partial charge in [-0.3, -0.25) is 4.79 Å². The Balaban J connectivity index is 4.40. The molecule has 0 aromatic carbocycles. The first-order chi connectivity index (χ1) is 8.42. The van der Waals surface area contributed by atoms with Crippen molar-refractivity contribution in [2.24, 2.45) is 11.7 Å². The fraction of sp³-hybridized carbons (Fsp3) is 0.846. The zero-order valence-electron chi connectivity index (χ0n) is 11.9. The highest BCUT2D eigenvalue weighted by Crippen LogP contribution is 2.10. The smallest absolute Gasteiger partial charge is 0.328 e. The molecule has 0 aliphatic carbocycles. The molecule has 0 heterocycles. The third kappa shape index (κ3) is 6.59. The largest absolute Gasteiger partial charge is 0.464 e. The topological polar surface area (TPSA) is 81.4 Å². The zero-order chi connectivity index (χ0) is 14.1. The van der Waals surface area contributed by atoms with E-state index in [1.165, 1.54) is 0 Å². The van der Waals surface area contributed by atoms with Crippen molar-refractivity contribution in [1.82, 2.24) is 5.32 Å². The van der Waals surface area contributed by atoms with Crippen molar-refractivity contribution in [2.45, 2.75) is 59.0 Å². The summed E-state index contributed by atoms with van der Waals surface area (Å²) in [6.45, 7) is 7.83. The van der Waals surface area contributed by atoms with Crippen LogP contribution in [-0.4, -0.2) is 30.6 Å². The summed E-state index contributed by atoms with van der Waals surface area (Å²) in [5.41, 5.74) is 5.59. The summed E-state index contributed by atoms with van der Waals surface area (Å²) in [6.07, 6.45) is 1.75. The second-order valence-electron chi connectivity index (χ2n) is 4.70. The van der Waals surface area contributed by atoms with Crippen molar-refractivity contribution in [3.05, 3.63) is 0 Å². The number of hydrogen-bond acceptors (Lipinski definition) is 4. The molecule has 0 rings (SSSR count). The van der Waals surface area contributed by atoms with Gasteiger partial charge in [0.05, 0.1) is 6.61 Å². The standard InChI is InChI=1S/C13H26N2O3/c1-5-9(3)12(13(17)18-6-2)15-11(16)8-7-10(4)14/h9-10,12H,5-8,14H2,1-4H3,(H,15,16). The first-order valence-electron chi connectivity index (χ1n) is 6.63. The van der Waals surface area contributed by atoms with Gasteiger partial charge in [-0.15, -0.1) is 0 Å². The number of hydrogen-bond donors (Lipinski definition) is 2. The van der Waals surface area contributed by atoms with E-state index in [1.54, 1.807) is 6.92 Å². The summed E-state index contributed by atoms with van der Waals surface area (Å²) < 4.78 is 4.98. The number of nitrogens with one attached hydrogen (secondary N) is 1. The number of carbonyl (C=O) groups is 2. The summed E-state index contributed by atoms with van der Waals surface area (Å²) in [5, 5.41) is 2.74. The average Bonchev–Trinajstić information content (AvgIpc) is 2.32. The molecule has 0 bridgehead atoms. The maximum atomic E-state index is 11.8. The first-order valence-corrected chi connectivity index (χ1v) is 6.63. The summed E-state index contributed by atoms with van der Waals surface area (Å²) in [7, 11) is 0. The molecule has 0 aromatic rings. The highest BCUT2D eigenvalue weighted by atomic mass is 16.5. The molecular formula is C13H26N2O3. The van der Waals surface area contributed by atoms with Gasteiger partial charge in [-0.1, -0.05) is 20.3 Å². The SMILES string of the molecule is CCOC(=O)C(NC(=O)CCC(C)N)C(C)CC. The lowest BCUT2D eigenvalue weighted by molar-refractivity contribution is -0.149. The Bertz CT molecular complexity index is 267. The Morgan fingerprint density at radius 3 is 2.33 bits per heavy atom. The molecule has 3 atom stereocenters. The lowest BCUT2D eigenvalue weighted by atomic mass is 9.99. The van der Waals surface area contributed by atoms with Gasteiger partial charge in [-0.2, -0.15) is 0 Å². The Morgan fingerprint density at radius 2 is 1.89 bits per heavy atom. The maximum absolute atomic E-state index is 11.8. The minimum absolute atomic E-state index is 0.0135. The van der Waals surface area contributed by atoms with Crippen molar-refractivity contribution >= 4 is 11.9 Å². The van der Waals surface area contributed by atoms with E-state index in [0.717, 1.165) is 6.42 Å². The Kier molecular flexibility index (Phi) is 8.37. The van der Waals surface area contributed by atoms with Crippen molar-refractivity contribution < 1.29 is 14.3 Å². The van der Waals surface area contributed by atoms with E-state index in [2.05, 4.69) is 5.32 Å². The van der Waals surface area contributed by atoms with Crippen molar-refractivity contribution in [2.75, 3.05) is 6.61 Å². The van der Waals surface area contributed by atoms with Crippen LogP contribution < -0.4 is 11.1 Å². The fourth-order valence-corrected chi connectivity index (χ4v) is 1.51. The monoisotopic (exact) mass is 258 g/mol. The molecular weight excluding hydrogens is 232 g/mol. The fourth-order valence-electron chi connectivity index (χ4n) is 1.51. The number of ether oxygens (including phenoxy) is 1. The summed E-state index contributed by atoms with van der Waals surface area (Å²) in [4.78, 5) is 23.5.